The van der Waals surface area contributed by atoms with E-state index in [2.05, 4.69) is 0 Å². The Morgan fingerprint density at radius 3 is 1.80 bits per heavy atom. The van der Waals surface area contributed by atoms with E-state index in [1.54, 1.807) is 13.8 Å². The fraction of sp³-hybridized carbons (Fsp3) is 0.333. The van der Waals surface area contributed by atoms with Gasteiger partial charge in [-0.2, -0.15) is 0 Å². The third kappa shape index (κ3) is 3.77. The van der Waals surface area contributed by atoms with Gasteiger partial charge in [-0.25, -0.2) is 0 Å². The van der Waals surface area contributed by atoms with Gasteiger partial charge in [0.2, 0.25) is 0 Å². The van der Waals surface area contributed by atoms with Crippen LogP contribution in [-0.2, 0) is 9.59 Å². The maximum Gasteiger partial charge on any atom is 0.294 e. The Kier molecular flexibility index (Phi) is 5.87. The molecule has 0 fully saturated rings. The van der Waals surface area contributed by atoms with Crippen LogP contribution in [-0.4, -0.2) is 45.0 Å². The first kappa shape index (κ1) is 21.4. The van der Waals surface area contributed by atoms with E-state index in [0.717, 1.165) is 16.9 Å². The predicted octanol–water partition coefficient (Wildman–Crippen LogP) is 3.94. The topological polar surface area (TPSA) is 64.1 Å². The molecule has 6 heteroatoms. The highest BCUT2D eigenvalue weighted by atomic mass is 16.3. The van der Waals surface area contributed by atoms with Crippen molar-refractivity contribution in [3.05, 3.63) is 65.4 Å². The first-order valence-corrected chi connectivity index (χ1v) is 9.99. The van der Waals surface area contributed by atoms with E-state index in [4.69, 9.17) is 0 Å². The molecule has 0 aromatic heterocycles. The van der Waals surface area contributed by atoms with Crippen LogP contribution in [0.3, 0.4) is 0 Å². The summed E-state index contributed by atoms with van der Waals surface area (Å²) < 4.78 is 0. The molecule has 1 amide bonds. The summed E-state index contributed by atoms with van der Waals surface area (Å²) in [5.74, 6) is -1.59. The lowest BCUT2D eigenvalue weighted by Gasteiger charge is -2.28. The molecule has 6 nitrogen and oxygen atoms in total. The number of hydrogen-bond acceptors (Lipinski definition) is 5. The molecule has 0 saturated heterocycles. The maximum absolute atomic E-state index is 13.1. The molecule has 158 valence electrons. The van der Waals surface area contributed by atoms with E-state index in [1.807, 2.05) is 86.5 Å². The van der Waals surface area contributed by atoms with Crippen molar-refractivity contribution in [2.75, 3.05) is 42.9 Å². The molecule has 1 atom stereocenters. The number of rotatable bonds is 6. The first-order chi connectivity index (χ1) is 14.1. The summed E-state index contributed by atoms with van der Waals surface area (Å²) >= 11 is 0. The molecule has 2 aromatic rings. The smallest absolute Gasteiger partial charge is 0.294 e. The molecule has 30 heavy (non-hydrogen) atoms. The molecule has 1 N–H and O–H groups in total. The Bertz CT molecular complexity index is 974. The SMILES string of the molecule is CC(C)C(=O)C1=C(O)C(=O)N(c2ccc(N(C)C)cc2)C1c1ccc(N(C)C)cc1. The molecule has 0 bridgehead atoms. The number of aliphatic hydroxyl groups excluding tert-OH is 1. The molecule has 1 aliphatic rings. The number of aliphatic hydroxyl groups is 1. The number of anilines is 3. The van der Waals surface area contributed by atoms with Crippen LogP contribution < -0.4 is 14.7 Å². The van der Waals surface area contributed by atoms with Crippen molar-refractivity contribution in [2.24, 2.45) is 5.92 Å². The van der Waals surface area contributed by atoms with E-state index in [-0.39, 0.29) is 17.3 Å². The molecule has 0 saturated carbocycles. The molecule has 0 radical (unpaired) electrons. The Labute approximate surface area is 178 Å². The van der Waals surface area contributed by atoms with Crippen molar-refractivity contribution in [3.63, 3.8) is 0 Å². The van der Waals surface area contributed by atoms with Crippen molar-refractivity contribution < 1.29 is 14.7 Å². The molecule has 1 unspecified atom stereocenters. The Morgan fingerprint density at radius 2 is 1.37 bits per heavy atom. The highest BCUT2D eigenvalue weighted by Crippen LogP contribution is 2.42. The van der Waals surface area contributed by atoms with Gasteiger partial charge in [0.25, 0.3) is 5.91 Å². The molecule has 0 aliphatic carbocycles. The molecular formula is C24H29N3O3. The van der Waals surface area contributed by atoms with E-state index in [1.165, 1.54) is 4.90 Å². The van der Waals surface area contributed by atoms with Gasteiger partial charge in [-0.05, 0) is 42.0 Å². The highest BCUT2D eigenvalue weighted by Gasteiger charge is 2.44. The summed E-state index contributed by atoms with van der Waals surface area (Å²) in [5, 5.41) is 10.7. The zero-order valence-corrected chi connectivity index (χ0v) is 18.4. The zero-order chi connectivity index (χ0) is 22.2. The lowest BCUT2D eigenvalue weighted by atomic mass is 9.91. The number of Topliss-reactive ketones (excluding diaryl/α,β-unsaturated/α-hetero) is 1. The fourth-order valence-corrected chi connectivity index (χ4v) is 3.62. The van der Waals surface area contributed by atoms with Crippen LogP contribution in [0.15, 0.2) is 59.9 Å². The van der Waals surface area contributed by atoms with E-state index in [0.29, 0.717) is 5.69 Å². The van der Waals surface area contributed by atoms with E-state index in [9.17, 15) is 14.7 Å². The maximum atomic E-state index is 13.1. The summed E-state index contributed by atoms with van der Waals surface area (Å²) in [6, 6.07) is 14.5. The molecule has 3 rings (SSSR count). The van der Waals surface area contributed by atoms with Crippen LogP contribution in [0.25, 0.3) is 0 Å². The zero-order valence-electron chi connectivity index (χ0n) is 18.4. The van der Waals surface area contributed by atoms with Crippen molar-refractivity contribution >= 4 is 28.8 Å². The number of amides is 1. The third-order valence-corrected chi connectivity index (χ3v) is 5.37. The van der Waals surface area contributed by atoms with Gasteiger partial charge in [-0.3, -0.25) is 14.5 Å². The highest BCUT2D eigenvalue weighted by molar-refractivity contribution is 6.16. The van der Waals surface area contributed by atoms with Gasteiger partial charge in [0.05, 0.1) is 11.6 Å². The number of hydrogen-bond donors (Lipinski definition) is 1. The normalized spacial score (nSPS) is 16.4. The van der Waals surface area contributed by atoms with Gasteiger partial charge in [0, 0.05) is 51.2 Å². The quantitative estimate of drug-likeness (QED) is 0.786. The molecule has 2 aromatic carbocycles. The fourth-order valence-electron chi connectivity index (χ4n) is 3.62. The third-order valence-electron chi connectivity index (χ3n) is 5.37. The van der Waals surface area contributed by atoms with Crippen LogP contribution in [0.2, 0.25) is 0 Å². The Morgan fingerprint density at radius 1 is 0.900 bits per heavy atom. The average Bonchev–Trinajstić information content (AvgIpc) is 2.98. The second-order valence-electron chi connectivity index (χ2n) is 8.26. The van der Waals surface area contributed by atoms with Gasteiger partial charge in [-0.1, -0.05) is 26.0 Å². The minimum Gasteiger partial charge on any atom is -0.503 e. The Balaban J connectivity index is 2.12. The molecule has 1 aliphatic heterocycles. The minimum absolute atomic E-state index is 0.157. The number of nitrogens with zero attached hydrogens (tertiary/aromatic N) is 3. The molecule has 0 spiro atoms. The van der Waals surface area contributed by atoms with E-state index >= 15 is 0 Å². The standard InChI is InChI=1S/C24H29N3O3/c1-15(2)22(28)20-21(16-7-9-17(10-8-16)25(3)4)27(24(30)23(20)29)19-13-11-18(12-14-19)26(5)6/h7-15,21,29H,1-6H3. The summed E-state index contributed by atoms with van der Waals surface area (Å²) in [4.78, 5) is 31.5. The summed E-state index contributed by atoms with van der Waals surface area (Å²) in [6.07, 6.45) is 0. The van der Waals surface area contributed by atoms with Crippen molar-refractivity contribution in [1.29, 1.82) is 0 Å². The molecular weight excluding hydrogens is 378 g/mol. The van der Waals surface area contributed by atoms with Gasteiger partial charge >= 0.3 is 0 Å². The molecule has 1 heterocycles. The van der Waals surface area contributed by atoms with Crippen LogP contribution >= 0.6 is 0 Å². The van der Waals surface area contributed by atoms with Gasteiger partial charge in [0.1, 0.15) is 0 Å². The first-order valence-electron chi connectivity index (χ1n) is 9.99. The second-order valence-corrected chi connectivity index (χ2v) is 8.26. The van der Waals surface area contributed by atoms with Crippen molar-refractivity contribution in [2.45, 2.75) is 19.9 Å². The minimum atomic E-state index is -0.672. The monoisotopic (exact) mass is 407 g/mol. The number of carbonyl (C=O) groups is 2. The number of carbonyl (C=O) groups excluding carboxylic acids is 2. The predicted molar refractivity (Wildman–Crippen MR) is 121 cm³/mol. The largest absolute Gasteiger partial charge is 0.503 e. The van der Waals surface area contributed by atoms with Gasteiger partial charge < -0.3 is 14.9 Å². The Hall–Kier alpha value is -3.28. The lowest BCUT2D eigenvalue weighted by Crippen LogP contribution is -2.31. The van der Waals surface area contributed by atoms with Crippen LogP contribution in [0.5, 0.6) is 0 Å². The summed E-state index contributed by atoms with van der Waals surface area (Å²) in [6.45, 7) is 3.54. The van der Waals surface area contributed by atoms with E-state index < -0.39 is 17.7 Å². The van der Waals surface area contributed by atoms with Crippen LogP contribution in [0, 0.1) is 5.92 Å². The van der Waals surface area contributed by atoms with Gasteiger partial charge in [-0.15, -0.1) is 0 Å². The average molecular weight is 408 g/mol. The van der Waals surface area contributed by atoms with Gasteiger partial charge in [0.15, 0.2) is 11.5 Å². The summed E-state index contributed by atoms with van der Waals surface area (Å²) in [5.41, 5.74) is 3.57. The second kappa shape index (κ2) is 8.22. The summed E-state index contributed by atoms with van der Waals surface area (Å²) in [7, 11) is 7.79. The van der Waals surface area contributed by atoms with Crippen molar-refractivity contribution in [3.8, 4) is 0 Å². The van der Waals surface area contributed by atoms with Crippen molar-refractivity contribution in [1.82, 2.24) is 0 Å². The van der Waals surface area contributed by atoms with Crippen LogP contribution in [0.1, 0.15) is 25.5 Å². The lowest BCUT2D eigenvalue weighted by molar-refractivity contribution is -0.119. The van der Waals surface area contributed by atoms with Crippen LogP contribution in [0.4, 0.5) is 17.1 Å². The number of ketones is 1. The number of benzene rings is 2.